The van der Waals surface area contributed by atoms with Crippen molar-refractivity contribution in [3.05, 3.63) is 42.1 Å². The quantitative estimate of drug-likeness (QED) is 0.619. The van der Waals surface area contributed by atoms with Crippen LogP contribution in [0.15, 0.2) is 36.5 Å². The molecule has 2 heterocycles. The number of nitrogens with one attached hydrogen (secondary N) is 1. The summed E-state index contributed by atoms with van der Waals surface area (Å²) in [6.07, 6.45) is 0.780. The number of alkyl halides is 2. The van der Waals surface area contributed by atoms with Gasteiger partial charge in [-0.05, 0) is 58.4 Å². The fraction of sp³-hybridized carbons (Fsp3) is 0.500. The number of hydrogen-bond donors (Lipinski definition) is 1. The molecule has 1 amide bonds. The molecule has 3 atom stereocenters. The fourth-order valence-corrected chi connectivity index (χ4v) is 3.45. The highest BCUT2D eigenvalue weighted by Gasteiger charge is 2.40. The summed E-state index contributed by atoms with van der Waals surface area (Å²) in [6, 6.07) is 7.38. The molecule has 2 aromatic rings. The summed E-state index contributed by atoms with van der Waals surface area (Å²) in [5.41, 5.74) is 0.451. The third-order valence-corrected chi connectivity index (χ3v) is 4.83. The molecule has 174 valence electrons. The minimum absolute atomic E-state index is 0.0828. The van der Waals surface area contributed by atoms with Crippen molar-refractivity contribution in [3.8, 4) is 5.75 Å². The van der Waals surface area contributed by atoms with Crippen molar-refractivity contribution >= 4 is 17.9 Å². The molecule has 1 fully saturated rings. The van der Waals surface area contributed by atoms with E-state index in [9.17, 15) is 13.6 Å². The lowest BCUT2D eigenvalue weighted by atomic mass is 10.1. The largest absolute Gasteiger partial charge is 0.447 e. The maximum Gasteiger partial charge on any atom is 0.416 e. The van der Waals surface area contributed by atoms with Gasteiger partial charge in [-0.1, -0.05) is 12.1 Å². The first-order valence-electron chi connectivity index (χ1n) is 10.3. The Kier molecular flexibility index (Phi) is 7.12. The van der Waals surface area contributed by atoms with Crippen LogP contribution in [-0.4, -0.2) is 47.0 Å². The van der Waals surface area contributed by atoms with Gasteiger partial charge in [0.1, 0.15) is 24.2 Å². The van der Waals surface area contributed by atoms with Crippen molar-refractivity contribution in [2.24, 2.45) is 0 Å². The highest BCUT2D eigenvalue weighted by molar-refractivity contribution is 5.89. The second-order valence-electron chi connectivity index (χ2n) is 8.50. The van der Waals surface area contributed by atoms with Crippen molar-refractivity contribution in [2.45, 2.75) is 65.0 Å². The first kappa shape index (κ1) is 23.6. The number of carbonyl (C=O) groups is 1. The van der Waals surface area contributed by atoms with Crippen molar-refractivity contribution in [1.82, 2.24) is 9.97 Å². The lowest BCUT2D eigenvalue weighted by Crippen LogP contribution is -2.45. The van der Waals surface area contributed by atoms with E-state index in [4.69, 9.17) is 9.47 Å². The summed E-state index contributed by atoms with van der Waals surface area (Å²) in [5, 5.41) is 3.16. The molecule has 0 radical (unpaired) electrons. The van der Waals surface area contributed by atoms with Crippen LogP contribution in [0.25, 0.3) is 0 Å². The molecule has 10 heteroatoms. The maximum atomic E-state index is 12.4. The molecule has 0 spiro atoms. The number of cyclic esters (lactones) is 1. The molecular formula is C22H28F2N4O4. The van der Waals surface area contributed by atoms with Gasteiger partial charge in [-0.3, -0.25) is 4.90 Å². The molecule has 1 aromatic heterocycles. The van der Waals surface area contributed by atoms with Gasteiger partial charge in [-0.2, -0.15) is 13.8 Å². The van der Waals surface area contributed by atoms with Crippen LogP contribution in [-0.2, 0) is 9.47 Å². The van der Waals surface area contributed by atoms with Crippen LogP contribution in [0.4, 0.5) is 25.3 Å². The Morgan fingerprint density at radius 2 is 1.88 bits per heavy atom. The highest BCUT2D eigenvalue weighted by atomic mass is 19.3. The molecule has 0 aliphatic carbocycles. The lowest BCUT2D eigenvalue weighted by Gasteiger charge is -2.31. The molecule has 0 saturated carbocycles. The van der Waals surface area contributed by atoms with Gasteiger partial charge >= 0.3 is 12.7 Å². The van der Waals surface area contributed by atoms with Gasteiger partial charge in [-0.15, -0.1) is 0 Å². The summed E-state index contributed by atoms with van der Waals surface area (Å²) in [7, 11) is 0. The molecule has 0 unspecified atom stereocenters. The third-order valence-electron chi connectivity index (χ3n) is 4.83. The average Bonchev–Trinajstić information content (AvgIpc) is 3.08. The smallest absolute Gasteiger partial charge is 0.416 e. The van der Waals surface area contributed by atoms with E-state index >= 15 is 0 Å². The van der Waals surface area contributed by atoms with E-state index in [0.717, 1.165) is 5.56 Å². The van der Waals surface area contributed by atoms with E-state index in [0.29, 0.717) is 11.8 Å². The van der Waals surface area contributed by atoms with Gasteiger partial charge in [-0.25, -0.2) is 9.78 Å². The number of rotatable bonds is 8. The van der Waals surface area contributed by atoms with Crippen LogP contribution >= 0.6 is 0 Å². The van der Waals surface area contributed by atoms with Crippen molar-refractivity contribution < 1.29 is 27.8 Å². The Morgan fingerprint density at radius 1 is 1.19 bits per heavy atom. The van der Waals surface area contributed by atoms with Crippen LogP contribution in [0.3, 0.4) is 0 Å². The van der Waals surface area contributed by atoms with Gasteiger partial charge in [0.2, 0.25) is 5.95 Å². The Balaban J connectivity index is 1.73. The van der Waals surface area contributed by atoms with Gasteiger partial charge in [0, 0.05) is 6.20 Å². The molecule has 1 saturated heterocycles. The molecular weight excluding hydrogens is 422 g/mol. The van der Waals surface area contributed by atoms with Crippen molar-refractivity contribution in [1.29, 1.82) is 0 Å². The number of halogens is 2. The van der Waals surface area contributed by atoms with E-state index in [1.54, 1.807) is 24.4 Å². The van der Waals surface area contributed by atoms with Gasteiger partial charge in [0.05, 0.1) is 17.7 Å². The standard InChI is InChI=1S/C22H28F2N4O4/c1-13(15-6-8-16(9-7-15)31-19(23)24)26-20-25-11-10-18(27-20)28-17(12-30-21(28)29)14(2)32-22(3,4)5/h6-11,13-14,17,19H,12H2,1-5H3,(H,25,26,27)/t13-,14+,17+/m0/s1. The Labute approximate surface area is 185 Å². The molecule has 8 nitrogen and oxygen atoms in total. The molecule has 1 aromatic carbocycles. The Bertz CT molecular complexity index is 921. The van der Waals surface area contributed by atoms with E-state index < -0.39 is 12.7 Å². The zero-order chi connectivity index (χ0) is 23.5. The molecule has 0 bridgehead atoms. The zero-order valence-corrected chi connectivity index (χ0v) is 18.7. The van der Waals surface area contributed by atoms with Crippen LogP contribution in [0.5, 0.6) is 5.75 Å². The van der Waals surface area contributed by atoms with E-state index in [1.165, 1.54) is 17.0 Å². The highest BCUT2D eigenvalue weighted by Crippen LogP contribution is 2.28. The number of ether oxygens (including phenoxy) is 3. The Hall–Kier alpha value is -3.01. The topological polar surface area (TPSA) is 85.8 Å². The summed E-state index contributed by atoms with van der Waals surface area (Å²) in [4.78, 5) is 22.6. The van der Waals surface area contributed by atoms with Gasteiger partial charge in [0.15, 0.2) is 0 Å². The summed E-state index contributed by atoms with van der Waals surface area (Å²) in [6.45, 7) is 6.96. The second-order valence-corrected chi connectivity index (χ2v) is 8.50. The molecule has 1 aliphatic heterocycles. The second kappa shape index (κ2) is 9.64. The first-order valence-corrected chi connectivity index (χ1v) is 10.3. The predicted molar refractivity (Wildman–Crippen MR) is 115 cm³/mol. The minimum atomic E-state index is -2.87. The van der Waals surface area contributed by atoms with Crippen molar-refractivity contribution in [2.75, 3.05) is 16.8 Å². The zero-order valence-electron chi connectivity index (χ0n) is 18.7. The normalized spacial score (nSPS) is 18.4. The fourth-order valence-electron chi connectivity index (χ4n) is 3.45. The van der Waals surface area contributed by atoms with E-state index in [-0.39, 0.29) is 36.1 Å². The number of carbonyl (C=O) groups excluding carboxylic acids is 1. The number of anilines is 2. The first-order chi connectivity index (χ1) is 15.0. The molecule has 1 N–H and O–H groups in total. The summed E-state index contributed by atoms with van der Waals surface area (Å²) < 4.78 is 40.3. The van der Waals surface area contributed by atoms with Gasteiger partial charge in [0.25, 0.3) is 0 Å². The van der Waals surface area contributed by atoms with E-state index in [1.807, 2.05) is 34.6 Å². The molecule has 3 rings (SSSR count). The average molecular weight is 450 g/mol. The minimum Gasteiger partial charge on any atom is -0.447 e. The number of amides is 1. The Morgan fingerprint density at radius 3 is 2.50 bits per heavy atom. The summed E-state index contributed by atoms with van der Waals surface area (Å²) >= 11 is 0. The monoisotopic (exact) mass is 450 g/mol. The number of hydrogen-bond acceptors (Lipinski definition) is 7. The van der Waals surface area contributed by atoms with Crippen molar-refractivity contribution in [3.63, 3.8) is 0 Å². The number of nitrogens with zero attached hydrogens (tertiary/aromatic N) is 3. The van der Waals surface area contributed by atoms with Crippen LogP contribution in [0.2, 0.25) is 0 Å². The van der Waals surface area contributed by atoms with Crippen LogP contribution < -0.4 is 15.0 Å². The molecule has 32 heavy (non-hydrogen) atoms. The maximum absolute atomic E-state index is 12.4. The SMILES string of the molecule is C[C@H](Nc1nccc(N2C(=O)OC[C@@H]2[C@@H](C)OC(C)(C)C)n1)c1ccc(OC(F)F)cc1. The molecule has 1 aliphatic rings. The number of benzene rings is 1. The van der Waals surface area contributed by atoms with Gasteiger partial charge < -0.3 is 19.5 Å². The number of aromatic nitrogens is 2. The summed E-state index contributed by atoms with van der Waals surface area (Å²) in [5.74, 6) is 0.789. The predicted octanol–water partition coefficient (Wildman–Crippen LogP) is 4.78. The third kappa shape index (κ3) is 6.03. The van der Waals surface area contributed by atoms with Crippen LogP contribution in [0, 0.1) is 0 Å². The van der Waals surface area contributed by atoms with Crippen LogP contribution in [0.1, 0.15) is 46.2 Å². The lowest BCUT2D eigenvalue weighted by molar-refractivity contribution is -0.0618. The van der Waals surface area contributed by atoms with E-state index in [2.05, 4.69) is 20.0 Å².